The number of aromatic nitrogens is 2. The number of rotatable bonds is 2. The Labute approximate surface area is 107 Å². The Morgan fingerprint density at radius 2 is 1.89 bits per heavy atom. The Morgan fingerprint density at radius 3 is 2.61 bits per heavy atom. The second kappa shape index (κ2) is 4.32. The Balaban J connectivity index is 2.27. The van der Waals surface area contributed by atoms with Gasteiger partial charge >= 0.3 is 0 Å². The Kier molecular flexibility index (Phi) is 2.78. The summed E-state index contributed by atoms with van der Waals surface area (Å²) in [5.74, 6) is 0.850. The molecule has 2 aromatic rings. The minimum Gasteiger partial charge on any atom is -0.330 e. The van der Waals surface area contributed by atoms with E-state index in [0.717, 1.165) is 24.2 Å². The van der Waals surface area contributed by atoms with Gasteiger partial charge in [0.1, 0.15) is 5.82 Å². The highest BCUT2D eigenvalue weighted by atomic mass is 14.9. The average molecular weight is 241 g/mol. The first-order valence-corrected chi connectivity index (χ1v) is 6.69. The van der Waals surface area contributed by atoms with Crippen molar-refractivity contribution in [3.8, 4) is 0 Å². The number of hydrogen-bond donors (Lipinski definition) is 1. The van der Waals surface area contributed by atoms with Crippen LogP contribution in [-0.4, -0.2) is 16.5 Å². The lowest BCUT2D eigenvalue weighted by atomic mass is 9.81. The third-order valence-corrected chi connectivity index (χ3v) is 4.17. The van der Waals surface area contributed by atoms with Gasteiger partial charge in [0.25, 0.3) is 0 Å². The largest absolute Gasteiger partial charge is 0.330 e. The molecule has 2 N–H and O–H groups in total. The maximum atomic E-state index is 6.08. The molecule has 3 rings (SSSR count). The van der Waals surface area contributed by atoms with Crippen molar-refractivity contribution in [1.29, 1.82) is 0 Å². The van der Waals surface area contributed by atoms with E-state index in [1.165, 1.54) is 23.9 Å². The molecule has 0 saturated heterocycles. The molecule has 1 aliphatic carbocycles. The van der Waals surface area contributed by atoms with Crippen LogP contribution >= 0.6 is 0 Å². The Morgan fingerprint density at radius 1 is 1.17 bits per heavy atom. The summed E-state index contributed by atoms with van der Waals surface area (Å²) in [6, 6.07) is 8.28. The van der Waals surface area contributed by atoms with Gasteiger partial charge in [-0.15, -0.1) is 0 Å². The predicted octanol–water partition coefficient (Wildman–Crippen LogP) is 2.71. The van der Waals surface area contributed by atoms with E-state index in [9.17, 15) is 0 Å². The molecule has 3 nitrogen and oxygen atoms in total. The second-order valence-electron chi connectivity index (χ2n) is 5.33. The summed E-state index contributed by atoms with van der Waals surface area (Å²) in [5.41, 5.74) is 8.37. The van der Waals surface area contributed by atoms with Crippen molar-refractivity contribution in [2.75, 3.05) is 6.54 Å². The van der Waals surface area contributed by atoms with Crippen molar-refractivity contribution < 1.29 is 0 Å². The molecular weight excluding hydrogens is 222 g/mol. The number of nitrogens with two attached hydrogens (primary N) is 1. The average Bonchev–Trinajstić information content (AvgIpc) is 2.87. The zero-order valence-corrected chi connectivity index (χ0v) is 10.8. The quantitative estimate of drug-likeness (QED) is 0.879. The molecule has 1 aromatic heterocycles. The normalized spacial score (nSPS) is 18.3. The van der Waals surface area contributed by atoms with E-state index in [4.69, 9.17) is 10.7 Å². The lowest BCUT2D eigenvalue weighted by Crippen LogP contribution is -2.33. The van der Waals surface area contributed by atoms with E-state index < -0.39 is 0 Å². The summed E-state index contributed by atoms with van der Waals surface area (Å²) >= 11 is 0. The minimum atomic E-state index is 0.0767. The number of hydrogen-bond acceptors (Lipinski definition) is 3. The number of para-hydroxylation sites is 1. The van der Waals surface area contributed by atoms with Crippen LogP contribution in [-0.2, 0) is 5.41 Å². The van der Waals surface area contributed by atoms with Gasteiger partial charge in [0.05, 0.1) is 11.2 Å². The summed E-state index contributed by atoms with van der Waals surface area (Å²) in [5, 5.41) is 1.18. The maximum absolute atomic E-state index is 6.08. The van der Waals surface area contributed by atoms with Gasteiger partial charge < -0.3 is 5.73 Å². The standard InChI is InChI=1S/C15H19N3/c1-11-17-13-7-3-2-6-12(13)14(18-11)15(10-16)8-4-5-9-15/h2-3,6-7H,4-5,8-10,16H2,1H3. The van der Waals surface area contributed by atoms with E-state index in [-0.39, 0.29) is 5.41 Å². The van der Waals surface area contributed by atoms with E-state index >= 15 is 0 Å². The monoisotopic (exact) mass is 241 g/mol. The van der Waals surface area contributed by atoms with Crippen LogP contribution in [0.15, 0.2) is 24.3 Å². The number of benzene rings is 1. The van der Waals surface area contributed by atoms with Gasteiger partial charge in [-0.3, -0.25) is 0 Å². The van der Waals surface area contributed by atoms with Gasteiger partial charge in [0.2, 0.25) is 0 Å². The molecule has 0 unspecified atom stereocenters. The molecule has 1 fully saturated rings. The van der Waals surface area contributed by atoms with E-state index in [1.54, 1.807) is 0 Å². The lowest BCUT2D eigenvalue weighted by molar-refractivity contribution is 0.442. The molecule has 0 atom stereocenters. The highest BCUT2D eigenvalue weighted by molar-refractivity contribution is 5.82. The smallest absolute Gasteiger partial charge is 0.126 e. The first-order chi connectivity index (χ1) is 8.75. The van der Waals surface area contributed by atoms with Gasteiger partial charge in [0.15, 0.2) is 0 Å². The van der Waals surface area contributed by atoms with Crippen LogP contribution in [0.1, 0.15) is 37.2 Å². The first kappa shape index (κ1) is 11.6. The van der Waals surface area contributed by atoms with Crippen molar-refractivity contribution in [1.82, 2.24) is 9.97 Å². The van der Waals surface area contributed by atoms with Gasteiger partial charge in [-0.05, 0) is 25.8 Å². The number of nitrogens with zero attached hydrogens (tertiary/aromatic N) is 2. The SMILES string of the molecule is Cc1nc(C2(CN)CCCC2)c2ccccc2n1. The molecule has 1 heterocycles. The molecule has 0 amide bonds. The van der Waals surface area contributed by atoms with Crippen LogP contribution in [0.4, 0.5) is 0 Å². The molecule has 0 radical (unpaired) electrons. The van der Waals surface area contributed by atoms with Gasteiger partial charge in [-0.1, -0.05) is 31.0 Å². The maximum Gasteiger partial charge on any atom is 0.126 e. The minimum absolute atomic E-state index is 0.0767. The molecule has 1 saturated carbocycles. The third-order valence-electron chi connectivity index (χ3n) is 4.17. The fourth-order valence-corrected chi connectivity index (χ4v) is 3.19. The predicted molar refractivity (Wildman–Crippen MR) is 73.5 cm³/mol. The van der Waals surface area contributed by atoms with Gasteiger partial charge in [-0.2, -0.15) is 0 Å². The molecular formula is C15H19N3. The topological polar surface area (TPSA) is 51.8 Å². The Hall–Kier alpha value is -1.48. The fraction of sp³-hybridized carbons (Fsp3) is 0.467. The van der Waals surface area contributed by atoms with Crippen LogP contribution in [0.5, 0.6) is 0 Å². The van der Waals surface area contributed by atoms with Crippen LogP contribution < -0.4 is 5.73 Å². The lowest BCUT2D eigenvalue weighted by Gasteiger charge is -2.28. The Bertz CT molecular complexity index is 571. The zero-order chi connectivity index (χ0) is 12.6. The highest BCUT2D eigenvalue weighted by Crippen LogP contribution is 2.41. The summed E-state index contributed by atoms with van der Waals surface area (Å²) in [6.45, 7) is 2.66. The van der Waals surface area contributed by atoms with E-state index in [1.807, 2.05) is 13.0 Å². The highest BCUT2D eigenvalue weighted by Gasteiger charge is 2.37. The van der Waals surface area contributed by atoms with Gasteiger partial charge in [0, 0.05) is 17.3 Å². The molecule has 0 aliphatic heterocycles. The number of fused-ring (bicyclic) bond motifs is 1. The molecule has 3 heteroatoms. The molecule has 94 valence electrons. The van der Waals surface area contributed by atoms with E-state index in [2.05, 4.69) is 23.2 Å². The van der Waals surface area contributed by atoms with E-state index in [0.29, 0.717) is 6.54 Å². The fourth-order valence-electron chi connectivity index (χ4n) is 3.19. The zero-order valence-electron chi connectivity index (χ0n) is 10.8. The molecule has 18 heavy (non-hydrogen) atoms. The molecule has 1 aliphatic rings. The molecule has 1 aromatic carbocycles. The van der Waals surface area contributed by atoms with Crippen LogP contribution in [0.25, 0.3) is 10.9 Å². The summed E-state index contributed by atoms with van der Waals surface area (Å²) in [4.78, 5) is 9.26. The molecule has 0 bridgehead atoms. The van der Waals surface area contributed by atoms with Crippen molar-refractivity contribution in [3.63, 3.8) is 0 Å². The van der Waals surface area contributed by atoms with Crippen molar-refractivity contribution >= 4 is 10.9 Å². The summed E-state index contributed by atoms with van der Waals surface area (Å²) in [6.07, 6.45) is 4.83. The summed E-state index contributed by atoms with van der Waals surface area (Å²) in [7, 11) is 0. The first-order valence-electron chi connectivity index (χ1n) is 6.69. The van der Waals surface area contributed by atoms with Crippen LogP contribution in [0, 0.1) is 6.92 Å². The second-order valence-corrected chi connectivity index (χ2v) is 5.33. The van der Waals surface area contributed by atoms with Crippen molar-refractivity contribution in [3.05, 3.63) is 35.8 Å². The summed E-state index contributed by atoms with van der Waals surface area (Å²) < 4.78 is 0. The van der Waals surface area contributed by atoms with Crippen molar-refractivity contribution in [2.45, 2.75) is 38.0 Å². The van der Waals surface area contributed by atoms with Gasteiger partial charge in [-0.25, -0.2) is 9.97 Å². The van der Waals surface area contributed by atoms with Crippen LogP contribution in [0.3, 0.4) is 0 Å². The number of aryl methyl sites for hydroxylation is 1. The van der Waals surface area contributed by atoms with Crippen molar-refractivity contribution in [2.24, 2.45) is 5.73 Å². The van der Waals surface area contributed by atoms with Crippen LogP contribution in [0.2, 0.25) is 0 Å². The molecule has 0 spiro atoms. The third kappa shape index (κ3) is 1.70.